The molecule has 0 spiro atoms. The van der Waals surface area contributed by atoms with Gasteiger partial charge in [0.2, 0.25) is 0 Å². The number of carbonyl (C=O) groups is 1. The van der Waals surface area contributed by atoms with Crippen molar-refractivity contribution in [1.82, 2.24) is 10.2 Å². The third-order valence-electron chi connectivity index (χ3n) is 5.23. The van der Waals surface area contributed by atoms with E-state index in [4.69, 9.17) is 4.74 Å². The number of hydrogen-bond donors (Lipinski definition) is 1. The molecule has 0 bridgehead atoms. The molecule has 134 valence electrons. The second-order valence-corrected chi connectivity index (χ2v) is 8.31. The van der Waals surface area contributed by atoms with Crippen LogP contribution in [-0.4, -0.2) is 42.3 Å². The van der Waals surface area contributed by atoms with Crippen molar-refractivity contribution < 1.29 is 9.53 Å². The van der Waals surface area contributed by atoms with Crippen molar-refractivity contribution in [1.29, 1.82) is 0 Å². The maximum Gasteiger partial charge on any atom is 0.410 e. The van der Waals surface area contributed by atoms with Gasteiger partial charge in [0.05, 0.1) is 0 Å². The van der Waals surface area contributed by atoms with E-state index in [9.17, 15) is 4.79 Å². The van der Waals surface area contributed by atoms with Crippen molar-refractivity contribution in [2.75, 3.05) is 19.6 Å². The average Bonchev–Trinajstić information content (AvgIpc) is 2.79. The predicted molar refractivity (Wildman–Crippen MR) is 94.6 cm³/mol. The molecule has 2 aliphatic rings. The molecule has 1 aliphatic carbocycles. The number of nitrogens with zero attached hydrogens (tertiary/aromatic N) is 1. The van der Waals surface area contributed by atoms with Crippen molar-refractivity contribution >= 4 is 6.09 Å². The summed E-state index contributed by atoms with van der Waals surface area (Å²) >= 11 is 0. The molecule has 1 heterocycles. The van der Waals surface area contributed by atoms with Crippen LogP contribution in [0.25, 0.3) is 0 Å². The van der Waals surface area contributed by atoms with E-state index >= 15 is 0 Å². The van der Waals surface area contributed by atoms with Gasteiger partial charge >= 0.3 is 6.09 Å². The quantitative estimate of drug-likeness (QED) is 0.788. The highest BCUT2D eigenvalue weighted by Gasteiger charge is 2.36. The number of likely N-dealkylation sites (tertiary alicyclic amines) is 1. The lowest BCUT2D eigenvalue weighted by atomic mass is 9.83. The Morgan fingerprint density at radius 1 is 1.13 bits per heavy atom. The van der Waals surface area contributed by atoms with Gasteiger partial charge in [-0.15, -0.1) is 0 Å². The van der Waals surface area contributed by atoms with Crippen molar-refractivity contribution in [3.05, 3.63) is 0 Å². The molecular weight excluding hydrogens is 288 g/mol. The number of ether oxygens (including phenoxy) is 1. The van der Waals surface area contributed by atoms with Crippen LogP contribution in [0.4, 0.5) is 4.79 Å². The van der Waals surface area contributed by atoms with E-state index < -0.39 is 5.60 Å². The minimum atomic E-state index is -0.405. The zero-order valence-corrected chi connectivity index (χ0v) is 15.6. The van der Waals surface area contributed by atoms with E-state index in [1.807, 2.05) is 25.7 Å². The molecule has 1 N–H and O–H groups in total. The zero-order chi connectivity index (χ0) is 16.9. The second-order valence-electron chi connectivity index (χ2n) is 8.31. The predicted octanol–water partition coefficient (Wildman–Crippen LogP) is 4.19. The summed E-state index contributed by atoms with van der Waals surface area (Å²) in [4.78, 5) is 14.2. The Bertz CT molecular complexity index is 370. The topological polar surface area (TPSA) is 41.6 Å². The van der Waals surface area contributed by atoms with Gasteiger partial charge in [-0.3, -0.25) is 0 Å². The van der Waals surface area contributed by atoms with E-state index in [0.717, 1.165) is 32.0 Å². The molecule has 1 saturated heterocycles. The first-order valence-electron chi connectivity index (χ1n) is 9.62. The summed E-state index contributed by atoms with van der Waals surface area (Å²) < 4.78 is 5.54. The van der Waals surface area contributed by atoms with Crippen LogP contribution in [0, 0.1) is 11.8 Å². The zero-order valence-electron chi connectivity index (χ0n) is 15.6. The highest BCUT2D eigenvalue weighted by Crippen LogP contribution is 2.32. The van der Waals surface area contributed by atoms with Crippen LogP contribution in [0.2, 0.25) is 0 Å². The maximum absolute atomic E-state index is 12.3. The summed E-state index contributed by atoms with van der Waals surface area (Å²) in [5.74, 6) is 1.35. The fraction of sp³-hybridized carbons (Fsp3) is 0.947. The molecule has 2 fully saturated rings. The van der Waals surface area contributed by atoms with Crippen molar-refractivity contribution in [2.45, 2.75) is 84.3 Å². The van der Waals surface area contributed by atoms with Crippen molar-refractivity contribution in [3.8, 4) is 0 Å². The average molecular weight is 325 g/mol. The summed E-state index contributed by atoms with van der Waals surface area (Å²) in [6.07, 6.45) is 9.18. The first-order valence-corrected chi connectivity index (χ1v) is 9.62. The molecule has 4 nitrogen and oxygen atoms in total. The summed E-state index contributed by atoms with van der Waals surface area (Å²) in [6, 6.07) is 0.561. The van der Waals surface area contributed by atoms with Crippen LogP contribution in [-0.2, 0) is 4.74 Å². The van der Waals surface area contributed by atoms with Gasteiger partial charge in [0.1, 0.15) is 5.60 Å². The van der Waals surface area contributed by atoms with Crippen molar-refractivity contribution in [2.24, 2.45) is 11.8 Å². The highest BCUT2D eigenvalue weighted by molar-refractivity contribution is 5.68. The van der Waals surface area contributed by atoms with E-state index in [0.29, 0.717) is 12.0 Å². The van der Waals surface area contributed by atoms with Gasteiger partial charge in [-0.05, 0) is 58.4 Å². The molecule has 0 aromatic carbocycles. The van der Waals surface area contributed by atoms with Crippen LogP contribution in [0.3, 0.4) is 0 Å². The lowest BCUT2D eigenvalue weighted by molar-refractivity contribution is 0.0282. The number of rotatable bonds is 4. The molecule has 1 amide bonds. The van der Waals surface area contributed by atoms with Crippen LogP contribution in [0.1, 0.15) is 72.6 Å². The Morgan fingerprint density at radius 2 is 1.78 bits per heavy atom. The van der Waals surface area contributed by atoms with Gasteiger partial charge in [0.25, 0.3) is 0 Å². The third-order valence-corrected chi connectivity index (χ3v) is 5.23. The summed E-state index contributed by atoms with van der Waals surface area (Å²) in [6.45, 7) is 10.7. The van der Waals surface area contributed by atoms with E-state index in [1.54, 1.807) is 0 Å². The molecule has 0 aromatic heterocycles. The van der Waals surface area contributed by atoms with E-state index in [1.165, 1.54) is 38.5 Å². The Hall–Kier alpha value is -0.770. The van der Waals surface area contributed by atoms with Gasteiger partial charge in [-0.2, -0.15) is 0 Å². The van der Waals surface area contributed by atoms with E-state index in [2.05, 4.69) is 12.2 Å². The summed E-state index contributed by atoms with van der Waals surface area (Å²) in [5.41, 5.74) is -0.405. The van der Waals surface area contributed by atoms with Gasteiger partial charge in [0.15, 0.2) is 0 Å². The lowest BCUT2D eigenvalue weighted by Gasteiger charge is -2.32. The van der Waals surface area contributed by atoms with Gasteiger partial charge in [-0.25, -0.2) is 4.79 Å². The molecular formula is C19H36N2O2. The highest BCUT2D eigenvalue weighted by atomic mass is 16.6. The fourth-order valence-electron chi connectivity index (χ4n) is 4.20. The first-order chi connectivity index (χ1) is 10.9. The summed E-state index contributed by atoms with van der Waals surface area (Å²) in [7, 11) is 0. The van der Waals surface area contributed by atoms with Gasteiger partial charge in [-0.1, -0.05) is 32.6 Å². The van der Waals surface area contributed by atoms with E-state index in [-0.39, 0.29) is 6.09 Å². The molecule has 0 aromatic rings. The molecule has 2 atom stereocenters. The smallest absolute Gasteiger partial charge is 0.410 e. The monoisotopic (exact) mass is 324 g/mol. The van der Waals surface area contributed by atoms with Gasteiger partial charge in [0, 0.05) is 19.1 Å². The fourth-order valence-corrected chi connectivity index (χ4v) is 4.20. The molecule has 4 heteroatoms. The third kappa shape index (κ3) is 5.66. The molecule has 2 unspecified atom stereocenters. The van der Waals surface area contributed by atoms with Crippen LogP contribution < -0.4 is 5.32 Å². The Morgan fingerprint density at radius 3 is 2.35 bits per heavy atom. The standard InChI is InChI=1S/C19H36N2O2/c1-5-20-17(15-10-8-6-7-9-11-15)16-12-13-21(14-16)18(22)23-19(2,3)4/h15-17,20H,5-14H2,1-4H3. The van der Waals surface area contributed by atoms with Gasteiger partial charge < -0.3 is 15.0 Å². The number of hydrogen-bond acceptors (Lipinski definition) is 3. The minimum absolute atomic E-state index is 0.142. The Balaban J connectivity index is 1.94. The summed E-state index contributed by atoms with van der Waals surface area (Å²) in [5, 5.41) is 3.75. The largest absolute Gasteiger partial charge is 0.444 e. The molecule has 0 radical (unpaired) electrons. The number of nitrogens with one attached hydrogen (secondary N) is 1. The molecule has 1 aliphatic heterocycles. The minimum Gasteiger partial charge on any atom is -0.444 e. The SMILES string of the molecule is CCNC(C1CCCCCC1)C1CCN(C(=O)OC(C)(C)C)C1. The second kappa shape index (κ2) is 8.36. The maximum atomic E-state index is 12.3. The Labute approximate surface area is 142 Å². The normalized spacial score (nSPS) is 25.2. The first kappa shape index (κ1) is 18.6. The number of amides is 1. The molecule has 1 saturated carbocycles. The van der Waals surface area contributed by atoms with Crippen LogP contribution in [0.15, 0.2) is 0 Å². The van der Waals surface area contributed by atoms with Crippen molar-refractivity contribution in [3.63, 3.8) is 0 Å². The lowest BCUT2D eigenvalue weighted by Crippen LogP contribution is -2.44. The Kier molecular flexibility index (Phi) is 6.75. The molecule has 23 heavy (non-hydrogen) atoms. The van der Waals surface area contributed by atoms with Crippen LogP contribution in [0.5, 0.6) is 0 Å². The molecule has 2 rings (SSSR count). The number of carbonyl (C=O) groups excluding carboxylic acids is 1. The van der Waals surface area contributed by atoms with Crippen LogP contribution >= 0.6 is 0 Å².